The Balaban J connectivity index is 1.75. The number of rotatable bonds is 1. The number of nitrogens with zero attached hydrogens (tertiary/aromatic N) is 2. The summed E-state index contributed by atoms with van der Waals surface area (Å²) in [5, 5.41) is 21.0. The van der Waals surface area contributed by atoms with Crippen LogP contribution in [0.25, 0.3) is 0 Å². The molecule has 1 aliphatic heterocycles. The molecule has 2 atom stereocenters. The minimum atomic E-state index is -1.10. The third-order valence-corrected chi connectivity index (χ3v) is 4.13. The third-order valence-electron chi connectivity index (χ3n) is 4.13. The topological polar surface area (TPSA) is 66.8 Å². The molecule has 0 radical (unpaired) electrons. The molecule has 1 N–H and O–H groups in total. The normalized spacial score (nSPS) is 27.3. The first-order valence-corrected chi connectivity index (χ1v) is 6.62. The van der Waals surface area contributed by atoms with Crippen molar-refractivity contribution in [2.75, 3.05) is 26.2 Å². The number of hydrogen-bond acceptors (Lipinski definition) is 4. The number of aliphatic hydroxyl groups is 1. The number of benzene rings is 1. The highest BCUT2D eigenvalue weighted by Crippen LogP contribution is 2.36. The number of carbonyl (C=O) groups is 1. The van der Waals surface area contributed by atoms with Crippen molar-refractivity contribution in [2.45, 2.75) is 18.6 Å². The Morgan fingerprint density at radius 2 is 1.89 bits per heavy atom. The summed E-state index contributed by atoms with van der Waals surface area (Å²) >= 11 is 0. The average Bonchev–Trinajstić information content (AvgIpc) is 2.74. The molecule has 1 saturated heterocycles. The van der Waals surface area contributed by atoms with Crippen molar-refractivity contribution < 1.29 is 15.0 Å². The number of fused-ring (bicyclic) bond motifs is 1. The SMILES string of the molecule is O=C([O-])N1CCN(C2c3ccccc3CC2O)CC1. The van der Waals surface area contributed by atoms with Crippen molar-refractivity contribution in [2.24, 2.45) is 0 Å². The Labute approximate surface area is 112 Å². The Hall–Kier alpha value is -1.59. The minimum absolute atomic E-state index is 0.0000964. The molecular formula is C14H17N2O3-. The molecule has 0 aromatic heterocycles. The van der Waals surface area contributed by atoms with Gasteiger partial charge in [-0.1, -0.05) is 24.3 Å². The van der Waals surface area contributed by atoms with E-state index < -0.39 is 12.2 Å². The molecule has 1 aromatic carbocycles. The fourth-order valence-electron chi connectivity index (χ4n) is 3.18. The second-order valence-corrected chi connectivity index (χ2v) is 5.20. The van der Waals surface area contributed by atoms with Crippen LogP contribution >= 0.6 is 0 Å². The number of carbonyl (C=O) groups excluding carboxylic acids is 1. The van der Waals surface area contributed by atoms with Crippen molar-refractivity contribution in [3.8, 4) is 0 Å². The van der Waals surface area contributed by atoms with Gasteiger partial charge in [0.1, 0.15) is 6.09 Å². The van der Waals surface area contributed by atoms with Crippen LogP contribution in [0.2, 0.25) is 0 Å². The van der Waals surface area contributed by atoms with Crippen LogP contribution in [-0.4, -0.2) is 53.3 Å². The number of hydrogen-bond donors (Lipinski definition) is 1. The molecule has 1 aromatic rings. The fourth-order valence-corrected chi connectivity index (χ4v) is 3.18. The Morgan fingerprint density at radius 1 is 1.21 bits per heavy atom. The average molecular weight is 261 g/mol. The standard InChI is InChI=1S/C14H18N2O3/c17-12-9-10-3-1-2-4-11(10)13(12)15-5-7-16(8-6-15)14(18)19/h1-4,12-13,17H,5-9H2,(H,18,19)/p-1. The van der Waals surface area contributed by atoms with Crippen LogP contribution in [0.5, 0.6) is 0 Å². The molecule has 5 heteroatoms. The number of carboxylic acid groups (broad SMARTS) is 1. The molecule has 5 nitrogen and oxygen atoms in total. The Kier molecular flexibility index (Phi) is 3.16. The lowest BCUT2D eigenvalue weighted by Crippen LogP contribution is -2.54. The van der Waals surface area contributed by atoms with Crippen LogP contribution < -0.4 is 5.11 Å². The lowest BCUT2D eigenvalue weighted by Gasteiger charge is -2.40. The van der Waals surface area contributed by atoms with E-state index in [0.29, 0.717) is 32.6 Å². The first-order valence-electron chi connectivity index (χ1n) is 6.62. The summed E-state index contributed by atoms with van der Waals surface area (Å²) in [5.74, 6) is 0. The van der Waals surface area contributed by atoms with Crippen LogP contribution in [0.4, 0.5) is 4.79 Å². The van der Waals surface area contributed by atoms with Crippen molar-refractivity contribution in [3.05, 3.63) is 35.4 Å². The molecule has 2 unspecified atom stereocenters. The molecule has 102 valence electrons. The summed E-state index contributed by atoms with van der Waals surface area (Å²) in [6, 6.07) is 8.08. The van der Waals surface area contributed by atoms with Gasteiger partial charge >= 0.3 is 0 Å². The van der Waals surface area contributed by atoms with Gasteiger partial charge in [0.2, 0.25) is 0 Å². The largest absolute Gasteiger partial charge is 0.530 e. The molecule has 0 spiro atoms. The third kappa shape index (κ3) is 2.19. The van der Waals surface area contributed by atoms with E-state index in [1.165, 1.54) is 16.0 Å². The zero-order chi connectivity index (χ0) is 13.4. The van der Waals surface area contributed by atoms with Gasteiger partial charge in [-0.15, -0.1) is 0 Å². The van der Waals surface area contributed by atoms with Crippen LogP contribution in [0.1, 0.15) is 17.2 Å². The predicted octanol–water partition coefficient (Wildman–Crippen LogP) is -0.394. The maximum absolute atomic E-state index is 10.8. The highest BCUT2D eigenvalue weighted by molar-refractivity contribution is 5.62. The molecule has 1 amide bonds. The summed E-state index contributed by atoms with van der Waals surface area (Å²) in [4.78, 5) is 14.3. The van der Waals surface area contributed by atoms with Crippen molar-refractivity contribution in [1.29, 1.82) is 0 Å². The smallest absolute Gasteiger partial charge is 0.137 e. The maximum atomic E-state index is 10.8. The van der Waals surface area contributed by atoms with Gasteiger partial charge in [-0.3, -0.25) is 4.90 Å². The number of piperazine rings is 1. The molecule has 0 bridgehead atoms. The van der Waals surface area contributed by atoms with Crippen LogP contribution in [0.15, 0.2) is 24.3 Å². The van der Waals surface area contributed by atoms with Gasteiger partial charge in [-0.05, 0) is 11.1 Å². The minimum Gasteiger partial charge on any atom is -0.530 e. The molecule has 1 fully saturated rings. The van der Waals surface area contributed by atoms with E-state index in [2.05, 4.69) is 17.0 Å². The van der Waals surface area contributed by atoms with Gasteiger partial charge in [0.15, 0.2) is 0 Å². The van der Waals surface area contributed by atoms with Gasteiger partial charge < -0.3 is 19.9 Å². The Morgan fingerprint density at radius 3 is 2.58 bits per heavy atom. The molecule has 1 aliphatic carbocycles. The molecule has 2 aliphatic rings. The fraction of sp³-hybridized carbons (Fsp3) is 0.500. The van der Waals surface area contributed by atoms with Gasteiger partial charge in [-0.25, -0.2) is 0 Å². The molecule has 3 rings (SSSR count). The van der Waals surface area contributed by atoms with E-state index in [9.17, 15) is 15.0 Å². The van der Waals surface area contributed by atoms with E-state index in [4.69, 9.17) is 0 Å². The van der Waals surface area contributed by atoms with E-state index in [1.807, 2.05) is 12.1 Å². The van der Waals surface area contributed by atoms with E-state index in [1.54, 1.807) is 0 Å². The van der Waals surface area contributed by atoms with Crippen LogP contribution in [0, 0.1) is 0 Å². The quantitative estimate of drug-likeness (QED) is 0.747. The molecule has 19 heavy (non-hydrogen) atoms. The summed E-state index contributed by atoms with van der Waals surface area (Å²) in [6.07, 6.45) is -0.819. The van der Waals surface area contributed by atoms with E-state index >= 15 is 0 Å². The molecule has 0 saturated carbocycles. The van der Waals surface area contributed by atoms with Gasteiger partial charge in [-0.2, -0.15) is 0 Å². The summed E-state index contributed by atoms with van der Waals surface area (Å²) in [7, 11) is 0. The molecular weight excluding hydrogens is 244 g/mol. The van der Waals surface area contributed by atoms with Crippen molar-refractivity contribution in [3.63, 3.8) is 0 Å². The Bertz CT molecular complexity index is 483. The number of amides is 1. The highest BCUT2D eigenvalue weighted by atomic mass is 16.4. The van der Waals surface area contributed by atoms with Gasteiger partial charge in [0, 0.05) is 32.6 Å². The maximum Gasteiger partial charge on any atom is 0.137 e. The first kappa shape index (κ1) is 12.4. The number of aliphatic hydroxyl groups excluding tert-OH is 1. The second kappa shape index (κ2) is 4.83. The highest BCUT2D eigenvalue weighted by Gasteiger charge is 2.36. The second-order valence-electron chi connectivity index (χ2n) is 5.20. The van der Waals surface area contributed by atoms with Crippen LogP contribution in [0.3, 0.4) is 0 Å². The first-order chi connectivity index (χ1) is 9.16. The zero-order valence-corrected chi connectivity index (χ0v) is 10.7. The lowest BCUT2D eigenvalue weighted by molar-refractivity contribution is -0.267. The van der Waals surface area contributed by atoms with E-state index in [-0.39, 0.29) is 6.04 Å². The van der Waals surface area contributed by atoms with Crippen LogP contribution in [-0.2, 0) is 6.42 Å². The summed E-state index contributed by atoms with van der Waals surface area (Å²) in [5.41, 5.74) is 2.37. The lowest BCUT2D eigenvalue weighted by atomic mass is 10.1. The monoisotopic (exact) mass is 261 g/mol. The zero-order valence-electron chi connectivity index (χ0n) is 10.7. The molecule has 1 heterocycles. The van der Waals surface area contributed by atoms with Gasteiger partial charge in [0.25, 0.3) is 0 Å². The summed E-state index contributed by atoms with van der Waals surface area (Å²) < 4.78 is 0. The van der Waals surface area contributed by atoms with Crippen molar-refractivity contribution >= 4 is 6.09 Å². The van der Waals surface area contributed by atoms with Gasteiger partial charge in [0.05, 0.1) is 12.1 Å². The summed E-state index contributed by atoms with van der Waals surface area (Å²) in [6.45, 7) is 2.19. The van der Waals surface area contributed by atoms with E-state index in [0.717, 1.165) is 0 Å². The predicted molar refractivity (Wildman–Crippen MR) is 67.4 cm³/mol. The van der Waals surface area contributed by atoms with Crippen molar-refractivity contribution in [1.82, 2.24) is 9.80 Å².